The van der Waals surface area contributed by atoms with Gasteiger partial charge in [-0.1, -0.05) is 60.7 Å². The fourth-order valence-electron chi connectivity index (χ4n) is 4.04. The Kier molecular flexibility index (Phi) is 5.72. The van der Waals surface area contributed by atoms with E-state index in [2.05, 4.69) is 42.3 Å². The molecule has 0 aromatic heterocycles. The summed E-state index contributed by atoms with van der Waals surface area (Å²) < 4.78 is 5.41. The summed E-state index contributed by atoms with van der Waals surface area (Å²) in [5, 5.41) is 11.4. The van der Waals surface area contributed by atoms with Gasteiger partial charge in [-0.3, -0.25) is 4.79 Å². The minimum Gasteiger partial charge on any atom is -0.481 e. The first-order valence-corrected chi connectivity index (χ1v) is 12.8. The van der Waals surface area contributed by atoms with Gasteiger partial charge in [0.15, 0.2) is 0 Å². The molecular formula is C22H29NO3Si. The number of carboxylic acids is 1. The molecule has 2 aromatic rings. The van der Waals surface area contributed by atoms with Crippen molar-refractivity contribution in [1.29, 1.82) is 0 Å². The highest BCUT2D eigenvalue weighted by molar-refractivity contribution is 6.90. The van der Waals surface area contributed by atoms with Crippen molar-refractivity contribution in [2.75, 3.05) is 31.2 Å². The predicted molar refractivity (Wildman–Crippen MR) is 113 cm³/mol. The van der Waals surface area contributed by atoms with Crippen LogP contribution < -0.4 is 10.1 Å². The number of anilines is 1. The average Bonchev–Trinajstić information content (AvgIpc) is 2.69. The second kappa shape index (κ2) is 7.86. The van der Waals surface area contributed by atoms with Gasteiger partial charge in [0.1, 0.15) is 0 Å². The van der Waals surface area contributed by atoms with Crippen molar-refractivity contribution < 1.29 is 14.6 Å². The molecular weight excluding hydrogens is 354 g/mol. The van der Waals surface area contributed by atoms with Crippen molar-refractivity contribution >= 4 is 24.9 Å². The van der Waals surface area contributed by atoms with E-state index in [-0.39, 0.29) is 0 Å². The van der Waals surface area contributed by atoms with Gasteiger partial charge >= 0.3 is 5.97 Å². The number of carbonyl (C=O) groups is 1. The van der Waals surface area contributed by atoms with E-state index in [0.29, 0.717) is 6.04 Å². The Morgan fingerprint density at radius 3 is 2.22 bits per heavy atom. The zero-order chi connectivity index (χ0) is 19.5. The third-order valence-corrected chi connectivity index (χ3v) is 9.19. The van der Waals surface area contributed by atoms with E-state index < -0.39 is 19.5 Å². The first-order chi connectivity index (χ1) is 12.8. The summed E-state index contributed by atoms with van der Waals surface area (Å²) in [6.07, 6.45) is 0. The predicted octanol–water partition coefficient (Wildman–Crippen LogP) is 3.48. The van der Waals surface area contributed by atoms with E-state index in [1.165, 1.54) is 5.19 Å². The normalized spacial score (nSPS) is 17.4. The maximum absolute atomic E-state index is 12.3. The standard InChI is InChI=1S/C22H29NO3Si/c1-22(21(24)25,17-27(2,3)20-7-5-4-6-8-20)18-9-11-19(12-10-18)23-13-15-26-16-14-23/h4-12H,13-17H2,1-3H3,(H,24,25). The van der Waals surface area contributed by atoms with Gasteiger partial charge < -0.3 is 14.7 Å². The Balaban J connectivity index is 1.86. The summed E-state index contributed by atoms with van der Waals surface area (Å²) in [7, 11) is -1.91. The smallest absolute Gasteiger partial charge is 0.313 e. The van der Waals surface area contributed by atoms with Crippen molar-refractivity contribution in [2.45, 2.75) is 31.5 Å². The third-order valence-electron chi connectivity index (χ3n) is 5.70. The first-order valence-electron chi connectivity index (χ1n) is 9.55. The number of carboxylic acid groups (broad SMARTS) is 1. The molecule has 3 rings (SSSR count). The molecule has 1 heterocycles. The number of hydrogen-bond acceptors (Lipinski definition) is 3. The summed E-state index contributed by atoms with van der Waals surface area (Å²) in [5.74, 6) is -0.752. The Hall–Kier alpha value is -2.11. The SMILES string of the molecule is CC(C[Si](C)(C)c1ccccc1)(C(=O)O)c1ccc(N2CCOCC2)cc1. The molecule has 0 bridgehead atoms. The Morgan fingerprint density at radius 1 is 1.07 bits per heavy atom. The van der Waals surface area contributed by atoms with Crippen LogP contribution in [0.15, 0.2) is 54.6 Å². The topological polar surface area (TPSA) is 49.8 Å². The molecule has 2 aromatic carbocycles. The van der Waals surface area contributed by atoms with Crippen LogP contribution in [0.5, 0.6) is 0 Å². The molecule has 27 heavy (non-hydrogen) atoms. The molecule has 1 aliphatic heterocycles. The molecule has 4 nitrogen and oxygen atoms in total. The number of morpholine rings is 1. The van der Waals surface area contributed by atoms with Crippen LogP contribution in [0.3, 0.4) is 0 Å². The number of nitrogens with zero attached hydrogens (tertiary/aromatic N) is 1. The van der Waals surface area contributed by atoms with Gasteiger partial charge in [0.25, 0.3) is 0 Å². The number of ether oxygens (including phenoxy) is 1. The summed E-state index contributed by atoms with van der Waals surface area (Å²) in [4.78, 5) is 14.6. The minimum atomic E-state index is -1.91. The number of benzene rings is 2. The highest BCUT2D eigenvalue weighted by atomic mass is 28.3. The molecule has 5 heteroatoms. The average molecular weight is 384 g/mol. The van der Waals surface area contributed by atoms with Crippen LogP contribution in [0.1, 0.15) is 12.5 Å². The van der Waals surface area contributed by atoms with Gasteiger partial charge in [-0.2, -0.15) is 0 Å². The quantitative estimate of drug-likeness (QED) is 0.776. The van der Waals surface area contributed by atoms with E-state index in [0.717, 1.165) is 37.6 Å². The second-order valence-corrected chi connectivity index (χ2v) is 12.9. The van der Waals surface area contributed by atoms with Crippen LogP contribution in [0.4, 0.5) is 5.69 Å². The van der Waals surface area contributed by atoms with Crippen LogP contribution in [-0.4, -0.2) is 45.5 Å². The van der Waals surface area contributed by atoms with Crippen molar-refractivity contribution in [3.63, 3.8) is 0 Å². The zero-order valence-corrected chi connectivity index (χ0v) is 17.4. The van der Waals surface area contributed by atoms with Crippen LogP contribution >= 0.6 is 0 Å². The number of rotatable bonds is 6. The summed E-state index contributed by atoms with van der Waals surface area (Å²) in [6, 6.07) is 19.1. The molecule has 1 aliphatic rings. The van der Waals surface area contributed by atoms with Gasteiger partial charge in [-0.15, -0.1) is 0 Å². The van der Waals surface area contributed by atoms with Gasteiger partial charge in [-0.25, -0.2) is 0 Å². The summed E-state index contributed by atoms with van der Waals surface area (Å²) >= 11 is 0. The molecule has 1 atom stereocenters. The Bertz CT molecular complexity index is 770. The van der Waals surface area contributed by atoms with Crippen LogP contribution in [0.2, 0.25) is 19.1 Å². The highest BCUT2D eigenvalue weighted by Gasteiger charge is 2.42. The largest absolute Gasteiger partial charge is 0.481 e. The van der Waals surface area contributed by atoms with Crippen LogP contribution in [0, 0.1) is 0 Å². The molecule has 1 fully saturated rings. The van der Waals surface area contributed by atoms with Crippen molar-refractivity contribution in [2.24, 2.45) is 0 Å². The van der Waals surface area contributed by atoms with Crippen molar-refractivity contribution in [3.8, 4) is 0 Å². The summed E-state index contributed by atoms with van der Waals surface area (Å²) in [6.45, 7) is 9.62. The zero-order valence-electron chi connectivity index (χ0n) is 16.4. The van der Waals surface area contributed by atoms with Gasteiger partial charge in [0.2, 0.25) is 0 Å². The minimum absolute atomic E-state index is 0.663. The van der Waals surface area contributed by atoms with Gasteiger partial charge in [0, 0.05) is 18.8 Å². The van der Waals surface area contributed by atoms with Gasteiger partial charge in [-0.05, 0) is 30.7 Å². The fraction of sp³-hybridized carbons (Fsp3) is 0.409. The molecule has 144 valence electrons. The fourth-order valence-corrected chi connectivity index (χ4v) is 7.46. The van der Waals surface area contributed by atoms with Crippen LogP contribution in [-0.2, 0) is 14.9 Å². The van der Waals surface area contributed by atoms with Crippen LogP contribution in [0.25, 0.3) is 0 Å². The third kappa shape index (κ3) is 4.25. The molecule has 1 unspecified atom stereocenters. The molecule has 0 spiro atoms. The molecule has 1 saturated heterocycles. The Morgan fingerprint density at radius 2 is 1.67 bits per heavy atom. The molecule has 0 radical (unpaired) electrons. The van der Waals surface area contributed by atoms with E-state index >= 15 is 0 Å². The van der Waals surface area contributed by atoms with Crippen molar-refractivity contribution in [1.82, 2.24) is 0 Å². The second-order valence-electron chi connectivity index (χ2n) is 8.21. The maximum Gasteiger partial charge on any atom is 0.313 e. The van der Waals surface area contributed by atoms with E-state index in [1.54, 1.807) is 0 Å². The first kappa shape index (κ1) is 19.6. The molecule has 0 aliphatic carbocycles. The lowest BCUT2D eigenvalue weighted by Crippen LogP contribution is -2.49. The molecule has 0 saturated carbocycles. The lowest BCUT2D eigenvalue weighted by molar-refractivity contribution is -0.142. The number of aliphatic carboxylic acids is 1. The highest BCUT2D eigenvalue weighted by Crippen LogP contribution is 2.35. The number of hydrogen-bond donors (Lipinski definition) is 1. The maximum atomic E-state index is 12.3. The molecule has 1 N–H and O–H groups in total. The molecule has 0 amide bonds. The Labute approximate surface area is 162 Å². The monoisotopic (exact) mass is 383 g/mol. The lowest BCUT2D eigenvalue weighted by Gasteiger charge is -2.35. The van der Waals surface area contributed by atoms with E-state index in [9.17, 15) is 9.90 Å². The van der Waals surface area contributed by atoms with Crippen molar-refractivity contribution in [3.05, 3.63) is 60.2 Å². The van der Waals surface area contributed by atoms with E-state index in [4.69, 9.17) is 4.74 Å². The lowest BCUT2D eigenvalue weighted by atomic mass is 9.84. The van der Waals surface area contributed by atoms with Gasteiger partial charge in [0.05, 0.1) is 26.7 Å². The van der Waals surface area contributed by atoms with E-state index in [1.807, 2.05) is 37.3 Å². The summed E-state index contributed by atoms with van der Waals surface area (Å²) in [5.41, 5.74) is 1.12.